The standard InChI is InChI=1S/C18H19ClN4OS/c1-22-7-9-23(10-8-22)16-15-14(11-25-17(15)21-18(19)20-16)12-3-5-13(24-2)6-4-12/h3-6,11H,7-10H2,1-2H3. The third-order valence-electron chi connectivity index (χ3n) is 4.59. The van der Waals surface area contributed by atoms with E-state index in [2.05, 4.69) is 44.3 Å². The molecule has 130 valence electrons. The number of hydrogen-bond acceptors (Lipinski definition) is 6. The highest BCUT2D eigenvalue weighted by Gasteiger charge is 2.22. The van der Waals surface area contributed by atoms with Gasteiger partial charge in [0.15, 0.2) is 0 Å². The number of rotatable bonds is 3. The Morgan fingerprint density at radius 2 is 1.80 bits per heavy atom. The molecule has 0 atom stereocenters. The molecule has 1 aliphatic heterocycles. The lowest BCUT2D eigenvalue weighted by Crippen LogP contribution is -2.44. The van der Waals surface area contributed by atoms with Gasteiger partial charge in [0.1, 0.15) is 16.4 Å². The summed E-state index contributed by atoms with van der Waals surface area (Å²) in [5, 5.41) is 3.53. The summed E-state index contributed by atoms with van der Waals surface area (Å²) in [6.45, 7) is 3.92. The second kappa shape index (κ2) is 6.78. The molecule has 7 heteroatoms. The number of nitrogens with zero attached hydrogens (tertiary/aromatic N) is 4. The van der Waals surface area contributed by atoms with E-state index in [1.807, 2.05) is 12.1 Å². The van der Waals surface area contributed by atoms with Crippen molar-refractivity contribution < 1.29 is 4.74 Å². The predicted octanol–water partition coefficient (Wildman–Crippen LogP) is 3.77. The van der Waals surface area contributed by atoms with Crippen LogP contribution in [-0.4, -0.2) is 55.2 Å². The Labute approximate surface area is 155 Å². The minimum absolute atomic E-state index is 0.310. The maximum atomic E-state index is 6.20. The number of anilines is 1. The van der Waals surface area contributed by atoms with E-state index in [0.29, 0.717) is 5.28 Å². The summed E-state index contributed by atoms with van der Waals surface area (Å²) in [6, 6.07) is 8.10. The predicted molar refractivity (Wildman–Crippen MR) is 104 cm³/mol. The largest absolute Gasteiger partial charge is 0.497 e. The second-order valence-corrected chi connectivity index (χ2v) is 7.36. The molecule has 0 saturated carbocycles. The van der Waals surface area contributed by atoms with Gasteiger partial charge >= 0.3 is 0 Å². The van der Waals surface area contributed by atoms with Gasteiger partial charge in [-0.1, -0.05) is 12.1 Å². The van der Waals surface area contributed by atoms with Crippen LogP contribution in [-0.2, 0) is 0 Å². The van der Waals surface area contributed by atoms with E-state index in [-0.39, 0.29) is 0 Å². The fourth-order valence-corrected chi connectivity index (χ4v) is 4.28. The number of hydrogen-bond donors (Lipinski definition) is 0. The monoisotopic (exact) mass is 374 g/mol. The molecule has 3 aromatic rings. The number of aromatic nitrogens is 2. The van der Waals surface area contributed by atoms with Crippen LogP contribution in [0, 0.1) is 0 Å². The van der Waals surface area contributed by atoms with Crippen LogP contribution in [0.4, 0.5) is 5.82 Å². The molecule has 0 amide bonds. The summed E-state index contributed by atoms with van der Waals surface area (Å²) in [4.78, 5) is 14.6. The lowest BCUT2D eigenvalue weighted by molar-refractivity contribution is 0.312. The minimum atomic E-state index is 0.310. The summed E-state index contributed by atoms with van der Waals surface area (Å²) < 4.78 is 5.27. The van der Waals surface area contributed by atoms with Crippen molar-refractivity contribution >= 4 is 39.0 Å². The van der Waals surface area contributed by atoms with Crippen LogP contribution < -0.4 is 9.64 Å². The summed E-state index contributed by atoms with van der Waals surface area (Å²) in [7, 11) is 3.82. The first-order chi connectivity index (χ1) is 12.2. The molecule has 0 N–H and O–H groups in total. The molecule has 0 bridgehead atoms. The minimum Gasteiger partial charge on any atom is -0.497 e. The van der Waals surface area contributed by atoms with E-state index < -0.39 is 0 Å². The number of thiophene rings is 1. The molecule has 5 nitrogen and oxygen atoms in total. The first-order valence-corrected chi connectivity index (χ1v) is 9.44. The number of fused-ring (bicyclic) bond motifs is 1. The number of halogens is 1. The summed E-state index contributed by atoms with van der Waals surface area (Å²) in [5.74, 6) is 1.79. The van der Waals surface area contributed by atoms with Gasteiger partial charge in [0.25, 0.3) is 0 Å². The van der Waals surface area contributed by atoms with Crippen LogP contribution in [0.5, 0.6) is 5.75 Å². The molecule has 3 heterocycles. The van der Waals surface area contributed by atoms with E-state index in [4.69, 9.17) is 16.3 Å². The summed E-state index contributed by atoms with van der Waals surface area (Å²) in [6.07, 6.45) is 0. The maximum absolute atomic E-state index is 6.20. The second-order valence-electron chi connectivity index (χ2n) is 6.16. The first-order valence-electron chi connectivity index (χ1n) is 8.18. The average Bonchev–Trinajstić information content (AvgIpc) is 3.05. The van der Waals surface area contributed by atoms with Gasteiger partial charge in [-0.2, -0.15) is 4.98 Å². The zero-order valence-electron chi connectivity index (χ0n) is 14.2. The highest BCUT2D eigenvalue weighted by Crippen LogP contribution is 2.39. The number of methoxy groups -OCH3 is 1. The Bertz CT molecular complexity index is 888. The number of piperazine rings is 1. The highest BCUT2D eigenvalue weighted by molar-refractivity contribution is 7.17. The molecule has 4 rings (SSSR count). The van der Waals surface area contributed by atoms with Crippen molar-refractivity contribution in [2.75, 3.05) is 45.2 Å². The van der Waals surface area contributed by atoms with E-state index in [9.17, 15) is 0 Å². The molecule has 25 heavy (non-hydrogen) atoms. The maximum Gasteiger partial charge on any atom is 0.225 e. The normalized spacial score (nSPS) is 15.7. The molecule has 1 aromatic carbocycles. The fourth-order valence-electron chi connectivity index (χ4n) is 3.13. The molecule has 0 radical (unpaired) electrons. The van der Waals surface area contributed by atoms with Gasteiger partial charge in [0.05, 0.1) is 12.5 Å². The third-order valence-corrected chi connectivity index (χ3v) is 5.63. The topological polar surface area (TPSA) is 41.5 Å². The SMILES string of the molecule is COc1ccc(-c2csc3nc(Cl)nc(N4CCN(C)CC4)c23)cc1. The lowest BCUT2D eigenvalue weighted by Gasteiger charge is -2.33. The molecule has 2 aromatic heterocycles. The summed E-state index contributed by atoms with van der Waals surface area (Å²) >= 11 is 7.81. The van der Waals surface area contributed by atoms with Gasteiger partial charge in [-0.05, 0) is 36.3 Å². The van der Waals surface area contributed by atoms with Crippen LogP contribution in [0.3, 0.4) is 0 Å². The number of likely N-dealkylation sites (N-methyl/N-ethyl adjacent to an activating group) is 1. The van der Waals surface area contributed by atoms with Gasteiger partial charge in [-0.3, -0.25) is 0 Å². The van der Waals surface area contributed by atoms with E-state index in [0.717, 1.165) is 59.1 Å². The van der Waals surface area contributed by atoms with Gasteiger partial charge in [-0.15, -0.1) is 11.3 Å². The molecule has 1 aliphatic rings. The molecule has 1 saturated heterocycles. The Kier molecular flexibility index (Phi) is 4.50. The van der Waals surface area contributed by atoms with Crippen molar-refractivity contribution in [1.82, 2.24) is 14.9 Å². The van der Waals surface area contributed by atoms with E-state index in [1.165, 1.54) is 0 Å². The zero-order chi connectivity index (χ0) is 17.4. The van der Waals surface area contributed by atoms with Gasteiger partial charge < -0.3 is 14.5 Å². The molecular weight excluding hydrogens is 356 g/mol. The Hall–Kier alpha value is -1.89. The third kappa shape index (κ3) is 3.17. The Morgan fingerprint density at radius 3 is 2.48 bits per heavy atom. The molecular formula is C18H19ClN4OS. The fraction of sp³-hybridized carbons (Fsp3) is 0.333. The van der Waals surface area contributed by atoms with Crippen LogP contribution in [0.2, 0.25) is 5.28 Å². The van der Waals surface area contributed by atoms with Crippen molar-refractivity contribution in [2.45, 2.75) is 0 Å². The van der Waals surface area contributed by atoms with Crippen molar-refractivity contribution in [2.24, 2.45) is 0 Å². The quantitative estimate of drug-likeness (QED) is 0.653. The summed E-state index contributed by atoms with van der Waals surface area (Å²) in [5.41, 5.74) is 2.28. The number of ether oxygens (including phenoxy) is 1. The van der Waals surface area contributed by atoms with E-state index >= 15 is 0 Å². The Balaban J connectivity index is 1.83. The molecule has 0 aliphatic carbocycles. The number of benzene rings is 1. The van der Waals surface area contributed by atoms with Crippen molar-refractivity contribution in [3.05, 3.63) is 34.9 Å². The van der Waals surface area contributed by atoms with Gasteiger partial charge in [-0.25, -0.2) is 4.98 Å². The van der Waals surface area contributed by atoms with E-state index in [1.54, 1.807) is 18.4 Å². The van der Waals surface area contributed by atoms with Crippen molar-refractivity contribution in [1.29, 1.82) is 0 Å². The van der Waals surface area contributed by atoms with Crippen LogP contribution in [0.25, 0.3) is 21.3 Å². The zero-order valence-corrected chi connectivity index (χ0v) is 15.8. The molecule has 0 unspecified atom stereocenters. The van der Waals surface area contributed by atoms with Gasteiger partial charge in [0, 0.05) is 37.1 Å². The van der Waals surface area contributed by atoms with Crippen LogP contribution in [0.1, 0.15) is 0 Å². The highest BCUT2D eigenvalue weighted by atomic mass is 35.5. The van der Waals surface area contributed by atoms with Crippen molar-refractivity contribution in [3.63, 3.8) is 0 Å². The molecule has 1 fully saturated rings. The van der Waals surface area contributed by atoms with Crippen LogP contribution in [0.15, 0.2) is 29.6 Å². The average molecular weight is 375 g/mol. The first kappa shape index (κ1) is 16.6. The van der Waals surface area contributed by atoms with Gasteiger partial charge in [0.2, 0.25) is 5.28 Å². The molecule has 0 spiro atoms. The van der Waals surface area contributed by atoms with Crippen molar-refractivity contribution in [3.8, 4) is 16.9 Å². The Morgan fingerprint density at radius 1 is 1.08 bits per heavy atom. The lowest BCUT2D eigenvalue weighted by atomic mass is 10.1. The van der Waals surface area contributed by atoms with Crippen LogP contribution >= 0.6 is 22.9 Å². The smallest absolute Gasteiger partial charge is 0.225 e.